The Morgan fingerprint density at radius 3 is 0.864 bits per heavy atom. The molecular formula is C75H132O6. The van der Waals surface area contributed by atoms with Crippen LogP contribution in [-0.4, -0.2) is 37.2 Å². The van der Waals surface area contributed by atoms with Gasteiger partial charge < -0.3 is 14.2 Å². The van der Waals surface area contributed by atoms with E-state index in [1.807, 2.05) is 12.2 Å². The van der Waals surface area contributed by atoms with Crippen molar-refractivity contribution in [3.8, 4) is 0 Å². The minimum atomic E-state index is -0.815. The average Bonchev–Trinajstić information content (AvgIpc) is 3.47. The lowest BCUT2D eigenvalue weighted by Gasteiger charge is -2.18. The Hall–Kier alpha value is -3.41. The molecule has 0 aliphatic carbocycles. The Bertz CT molecular complexity index is 1530. The highest BCUT2D eigenvalue weighted by Crippen LogP contribution is 2.18. The molecule has 0 aromatic carbocycles. The second-order valence-corrected chi connectivity index (χ2v) is 23.4. The molecule has 0 aromatic rings. The van der Waals surface area contributed by atoms with E-state index < -0.39 is 12.1 Å². The molecular weight excluding hydrogens is 997 g/mol. The van der Waals surface area contributed by atoms with E-state index in [1.165, 1.54) is 238 Å². The SMILES string of the molecule is CC/C=C\C/C=C\C/C=C\C/C=C\C/C=C\CC(=O)OCC(COC(=O)CCCCCCCCCCCCCCCCCCCCC/C=C\C/C=C\CCCCCCC)OC(=O)CCCCCCCCCCCCCCCCCCC. The van der Waals surface area contributed by atoms with Gasteiger partial charge in [0.15, 0.2) is 6.10 Å². The highest BCUT2D eigenvalue weighted by molar-refractivity contribution is 5.72. The smallest absolute Gasteiger partial charge is 0.309 e. The summed E-state index contributed by atoms with van der Waals surface area (Å²) in [6, 6.07) is 0. The molecule has 6 nitrogen and oxygen atoms in total. The van der Waals surface area contributed by atoms with Crippen LogP contribution < -0.4 is 0 Å². The van der Waals surface area contributed by atoms with Crippen LogP contribution in [0.5, 0.6) is 0 Å². The van der Waals surface area contributed by atoms with Gasteiger partial charge in [-0.1, -0.05) is 343 Å². The minimum Gasteiger partial charge on any atom is -0.462 e. The Labute approximate surface area is 503 Å². The molecule has 468 valence electrons. The molecule has 0 amide bonds. The van der Waals surface area contributed by atoms with Gasteiger partial charge in [-0.3, -0.25) is 14.4 Å². The van der Waals surface area contributed by atoms with E-state index >= 15 is 0 Å². The zero-order chi connectivity index (χ0) is 58.5. The number of allylic oxidation sites excluding steroid dienone is 13. The summed E-state index contributed by atoms with van der Waals surface area (Å²) in [6.07, 6.45) is 92.2. The summed E-state index contributed by atoms with van der Waals surface area (Å²) < 4.78 is 16.9. The van der Waals surface area contributed by atoms with Gasteiger partial charge in [-0.05, 0) is 77.0 Å². The van der Waals surface area contributed by atoms with Crippen molar-refractivity contribution >= 4 is 17.9 Å². The van der Waals surface area contributed by atoms with Crippen LogP contribution in [0, 0.1) is 0 Å². The van der Waals surface area contributed by atoms with Gasteiger partial charge in [0.25, 0.3) is 0 Å². The molecule has 0 fully saturated rings. The van der Waals surface area contributed by atoms with Gasteiger partial charge in [-0.2, -0.15) is 0 Å². The lowest BCUT2D eigenvalue weighted by atomic mass is 10.0. The first-order chi connectivity index (χ1) is 40.0. The molecule has 6 heteroatoms. The zero-order valence-corrected chi connectivity index (χ0v) is 53.8. The fourth-order valence-corrected chi connectivity index (χ4v) is 10.2. The summed E-state index contributed by atoms with van der Waals surface area (Å²) in [5.74, 6) is -1.02. The van der Waals surface area contributed by atoms with Crippen LogP contribution >= 0.6 is 0 Å². The first-order valence-corrected chi connectivity index (χ1v) is 35.1. The summed E-state index contributed by atoms with van der Waals surface area (Å²) in [4.78, 5) is 38.3. The molecule has 0 heterocycles. The molecule has 0 N–H and O–H groups in total. The van der Waals surface area contributed by atoms with Gasteiger partial charge in [0.05, 0.1) is 6.42 Å². The van der Waals surface area contributed by atoms with Crippen LogP contribution in [0.4, 0.5) is 0 Å². The predicted molar refractivity (Wildman–Crippen MR) is 353 cm³/mol. The van der Waals surface area contributed by atoms with E-state index in [1.54, 1.807) is 0 Å². The molecule has 0 bridgehead atoms. The minimum absolute atomic E-state index is 0.102. The van der Waals surface area contributed by atoms with Crippen LogP contribution in [0.2, 0.25) is 0 Å². The molecule has 1 unspecified atom stereocenters. The maximum Gasteiger partial charge on any atom is 0.309 e. The molecule has 1 atom stereocenters. The van der Waals surface area contributed by atoms with Crippen molar-refractivity contribution in [2.24, 2.45) is 0 Å². The van der Waals surface area contributed by atoms with E-state index in [4.69, 9.17) is 14.2 Å². The van der Waals surface area contributed by atoms with Gasteiger partial charge in [0.2, 0.25) is 0 Å². The van der Waals surface area contributed by atoms with Crippen molar-refractivity contribution in [2.75, 3.05) is 13.2 Å². The van der Waals surface area contributed by atoms with Crippen LogP contribution in [0.25, 0.3) is 0 Å². The standard InChI is InChI=1S/C75H132O6/c1-4-7-10-13-16-19-22-25-28-30-31-32-33-34-35-36-37-38-39-40-41-42-43-45-47-50-53-56-59-62-65-68-74(77)80-71-72(70-79-73(76)67-64-61-58-55-52-49-46-27-24-21-18-15-12-9-6-3)81-75(78)69-66-63-60-57-54-51-48-44-29-26-23-20-17-14-11-8-5-2/h9,12,18,21-22,25,27,30-31,46,52,55,61,64,72H,4-8,10-11,13-17,19-20,23-24,26,28-29,32-45,47-51,53-54,56-60,62-63,65-71H2,1-3H3/b12-9-,21-18-,25-22-,31-30-,46-27-,55-52-,64-61-. The van der Waals surface area contributed by atoms with E-state index in [0.717, 1.165) is 77.0 Å². The zero-order valence-electron chi connectivity index (χ0n) is 53.8. The first-order valence-electron chi connectivity index (χ1n) is 35.1. The largest absolute Gasteiger partial charge is 0.462 e. The average molecular weight is 1130 g/mol. The monoisotopic (exact) mass is 1130 g/mol. The van der Waals surface area contributed by atoms with Crippen molar-refractivity contribution in [1.29, 1.82) is 0 Å². The quantitative estimate of drug-likeness (QED) is 0.0261. The maximum atomic E-state index is 12.9. The maximum absolute atomic E-state index is 12.9. The Kier molecular flexibility index (Phi) is 66.2. The number of hydrogen-bond acceptors (Lipinski definition) is 6. The predicted octanol–water partition coefficient (Wildman–Crippen LogP) is 24.2. The third-order valence-electron chi connectivity index (χ3n) is 15.4. The molecule has 0 spiro atoms. The highest BCUT2D eigenvalue weighted by Gasteiger charge is 2.19. The molecule has 81 heavy (non-hydrogen) atoms. The summed E-state index contributed by atoms with van der Waals surface area (Å²) in [6.45, 7) is 6.48. The van der Waals surface area contributed by atoms with Crippen molar-refractivity contribution in [3.05, 3.63) is 85.1 Å². The van der Waals surface area contributed by atoms with Crippen molar-refractivity contribution in [3.63, 3.8) is 0 Å². The van der Waals surface area contributed by atoms with Gasteiger partial charge in [-0.15, -0.1) is 0 Å². The molecule has 0 saturated carbocycles. The van der Waals surface area contributed by atoms with Crippen molar-refractivity contribution in [1.82, 2.24) is 0 Å². The second-order valence-electron chi connectivity index (χ2n) is 23.4. The molecule has 0 aliphatic heterocycles. The Balaban J connectivity index is 4.24. The van der Waals surface area contributed by atoms with Crippen LogP contribution in [-0.2, 0) is 28.6 Å². The van der Waals surface area contributed by atoms with Crippen LogP contribution in [0.3, 0.4) is 0 Å². The third-order valence-corrected chi connectivity index (χ3v) is 15.4. The Morgan fingerprint density at radius 1 is 0.272 bits per heavy atom. The molecule has 0 rings (SSSR count). The van der Waals surface area contributed by atoms with Gasteiger partial charge in [-0.25, -0.2) is 0 Å². The van der Waals surface area contributed by atoms with E-state index in [2.05, 4.69) is 93.7 Å². The summed E-state index contributed by atoms with van der Waals surface area (Å²) in [7, 11) is 0. The number of ether oxygens (including phenoxy) is 3. The normalized spacial score (nSPS) is 12.6. The summed E-state index contributed by atoms with van der Waals surface area (Å²) in [5, 5.41) is 0. The van der Waals surface area contributed by atoms with Crippen LogP contribution in [0.1, 0.15) is 355 Å². The van der Waals surface area contributed by atoms with E-state index in [0.29, 0.717) is 12.8 Å². The summed E-state index contributed by atoms with van der Waals surface area (Å²) >= 11 is 0. The third kappa shape index (κ3) is 67.3. The lowest BCUT2D eigenvalue weighted by Crippen LogP contribution is -2.30. The van der Waals surface area contributed by atoms with Crippen molar-refractivity contribution in [2.45, 2.75) is 361 Å². The van der Waals surface area contributed by atoms with Gasteiger partial charge >= 0.3 is 17.9 Å². The first kappa shape index (κ1) is 77.6. The molecule has 0 aromatic heterocycles. The number of rotatable bonds is 64. The number of esters is 3. The molecule has 0 radical (unpaired) electrons. The number of carbonyl (C=O) groups is 3. The van der Waals surface area contributed by atoms with Crippen LogP contribution in [0.15, 0.2) is 85.1 Å². The lowest BCUT2D eigenvalue weighted by molar-refractivity contribution is -0.166. The second kappa shape index (κ2) is 69.1. The molecule has 0 aliphatic rings. The number of hydrogen-bond donors (Lipinski definition) is 0. The van der Waals surface area contributed by atoms with Crippen molar-refractivity contribution < 1.29 is 28.6 Å². The number of carbonyl (C=O) groups excluding carboxylic acids is 3. The number of unbranched alkanes of at least 4 members (excludes halogenated alkanes) is 40. The highest BCUT2D eigenvalue weighted by atomic mass is 16.6. The van der Waals surface area contributed by atoms with E-state index in [-0.39, 0.29) is 31.6 Å². The summed E-state index contributed by atoms with van der Waals surface area (Å²) in [5.41, 5.74) is 0. The topological polar surface area (TPSA) is 78.9 Å². The molecule has 0 saturated heterocycles. The van der Waals surface area contributed by atoms with E-state index in [9.17, 15) is 14.4 Å². The van der Waals surface area contributed by atoms with Gasteiger partial charge in [0, 0.05) is 12.8 Å². The fraction of sp³-hybridized carbons (Fsp3) is 0.773. The Morgan fingerprint density at radius 2 is 0.531 bits per heavy atom. The fourth-order valence-electron chi connectivity index (χ4n) is 10.2. The van der Waals surface area contributed by atoms with Gasteiger partial charge in [0.1, 0.15) is 13.2 Å².